The van der Waals surface area contributed by atoms with Crippen molar-refractivity contribution in [3.63, 3.8) is 0 Å². The van der Waals surface area contributed by atoms with Gasteiger partial charge in [-0.3, -0.25) is 4.79 Å². The molecule has 0 heterocycles. The van der Waals surface area contributed by atoms with E-state index >= 15 is 0 Å². The van der Waals surface area contributed by atoms with Crippen LogP contribution in [0.3, 0.4) is 0 Å². The highest BCUT2D eigenvalue weighted by molar-refractivity contribution is 6.30. The largest absolute Gasteiger partial charge is 0.330 e. The lowest BCUT2D eigenvalue weighted by molar-refractivity contribution is -0.118. The minimum atomic E-state index is 0.306. The van der Waals surface area contributed by atoms with Gasteiger partial charge in [-0.05, 0) is 43.0 Å². The first-order chi connectivity index (χ1) is 9.15. The number of halogens is 1. The normalized spacial score (nSPS) is 12.4. The van der Waals surface area contributed by atoms with Gasteiger partial charge < -0.3 is 5.73 Å². The van der Waals surface area contributed by atoms with Gasteiger partial charge in [0.15, 0.2) is 0 Å². The lowest BCUT2D eigenvalue weighted by Gasteiger charge is -2.14. The number of Topliss-reactive ketones (excluding diaryl/α,β-unsaturated/α-hetero) is 1. The summed E-state index contributed by atoms with van der Waals surface area (Å²) in [7, 11) is 0. The van der Waals surface area contributed by atoms with Crippen molar-refractivity contribution in [2.75, 3.05) is 6.54 Å². The van der Waals surface area contributed by atoms with Crippen molar-refractivity contribution < 1.29 is 4.79 Å². The quantitative estimate of drug-likeness (QED) is 0.743. The Morgan fingerprint density at radius 2 is 1.89 bits per heavy atom. The van der Waals surface area contributed by atoms with Gasteiger partial charge >= 0.3 is 0 Å². The molecule has 2 N–H and O–H groups in total. The first kappa shape index (κ1) is 16.2. The van der Waals surface area contributed by atoms with Gasteiger partial charge in [0, 0.05) is 17.9 Å². The molecule has 0 saturated heterocycles. The maximum absolute atomic E-state index is 11.9. The highest BCUT2D eigenvalue weighted by Crippen LogP contribution is 2.18. The summed E-state index contributed by atoms with van der Waals surface area (Å²) in [6, 6.07) is 7.50. The van der Waals surface area contributed by atoms with Crippen LogP contribution in [0.4, 0.5) is 0 Å². The molecule has 3 heteroatoms. The second-order valence-corrected chi connectivity index (χ2v) is 5.55. The molecule has 1 aromatic carbocycles. The molecule has 0 saturated carbocycles. The molecule has 0 radical (unpaired) electrons. The highest BCUT2D eigenvalue weighted by atomic mass is 35.5. The number of hydrogen-bond donors (Lipinski definition) is 1. The van der Waals surface area contributed by atoms with E-state index < -0.39 is 0 Å². The van der Waals surface area contributed by atoms with Crippen molar-refractivity contribution in [1.82, 2.24) is 0 Å². The molecule has 1 aromatic rings. The molecule has 1 atom stereocenters. The molecule has 106 valence electrons. The van der Waals surface area contributed by atoms with Crippen LogP contribution in [0.5, 0.6) is 0 Å². The van der Waals surface area contributed by atoms with Crippen LogP contribution in [0.15, 0.2) is 24.3 Å². The molecular formula is C16H24ClNO. The lowest BCUT2D eigenvalue weighted by atomic mass is 9.92. The third-order valence-corrected chi connectivity index (χ3v) is 3.67. The van der Waals surface area contributed by atoms with E-state index in [0.717, 1.165) is 31.4 Å². The van der Waals surface area contributed by atoms with Crippen LogP contribution in [0, 0.1) is 5.92 Å². The maximum atomic E-state index is 11.9. The molecule has 0 fully saturated rings. The highest BCUT2D eigenvalue weighted by Gasteiger charge is 2.10. The Morgan fingerprint density at radius 3 is 2.47 bits per heavy atom. The number of nitrogens with two attached hydrogens (primary N) is 1. The van der Waals surface area contributed by atoms with E-state index in [2.05, 4.69) is 6.92 Å². The van der Waals surface area contributed by atoms with Crippen LogP contribution in [0.25, 0.3) is 0 Å². The molecule has 0 aromatic heterocycles. The van der Waals surface area contributed by atoms with E-state index in [-0.39, 0.29) is 0 Å². The van der Waals surface area contributed by atoms with Crippen molar-refractivity contribution in [3.8, 4) is 0 Å². The fraction of sp³-hybridized carbons (Fsp3) is 0.562. The third-order valence-electron chi connectivity index (χ3n) is 3.42. The fourth-order valence-electron chi connectivity index (χ4n) is 2.36. The summed E-state index contributed by atoms with van der Waals surface area (Å²) in [5.74, 6) is 0.907. The van der Waals surface area contributed by atoms with E-state index in [4.69, 9.17) is 17.3 Å². The number of benzene rings is 1. The van der Waals surface area contributed by atoms with Crippen LogP contribution in [0.1, 0.15) is 44.6 Å². The van der Waals surface area contributed by atoms with Gasteiger partial charge in [0.05, 0.1) is 0 Å². The molecule has 0 aliphatic carbocycles. The van der Waals surface area contributed by atoms with Crippen LogP contribution in [-0.2, 0) is 11.2 Å². The Hall–Kier alpha value is -0.860. The van der Waals surface area contributed by atoms with E-state index in [9.17, 15) is 4.79 Å². The molecule has 0 aliphatic heterocycles. The van der Waals surface area contributed by atoms with Crippen molar-refractivity contribution in [1.29, 1.82) is 0 Å². The van der Waals surface area contributed by atoms with Crippen molar-refractivity contribution in [2.24, 2.45) is 11.7 Å². The van der Waals surface area contributed by atoms with E-state index in [1.54, 1.807) is 0 Å². The summed E-state index contributed by atoms with van der Waals surface area (Å²) in [6.45, 7) is 2.90. The van der Waals surface area contributed by atoms with Crippen LogP contribution < -0.4 is 5.73 Å². The first-order valence-electron chi connectivity index (χ1n) is 7.12. The van der Waals surface area contributed by atoms with Gasteiger partial charge in [-0.15, -0.1) is 0 Å². The maximum Gasteiger partial charge on any atom is 0.137 e. The average Bonchev–Trinajstić information content (AvgIpc) is 2.39. The van der Waals surface area contributed by atoms with Gasteiger partial charge in [-0.25, -0.2) is 0 Å². The molecule has 0 amide bonds. The standard InChI is InChI=1S/C16H24ClNO/c1-2-3-13(10-11-18)6-9-16(19)12-14-4-7-15(17)8-5-14/h4-5,7-8,13H,2-3,6,9-12,18H2,1H3. The Bertz CT molecular complexity index is 369. The Balaban J connectivity index is 2.35. The number of rotatable bonds is 9. The average molecular weight is 282 g/mol. The van der Waals surface area contributed by atoms with Gasteiger partial charge in [0.1, 0.15) is 5.78 Å². The van der Waals surface area contributed by atoms with Crippen LogP contribution >= 0.6 is 11.6 Å². The topological polar surface area (TPSA) is 43.1 Å². The summed E-state index contributed by atoms with van der Waals surface area (Å²) >= 11 is 5.82. The third kappa shape index (κ3) is 6.74. The van der Waals surface area contributed by atoms with E-state index in [1.807, 2.05) is 24.3 Å². The predicted molar refractivity (Wildman–Crippen MR) is 81.5 cm³/mol. The Labute approximate surface area is 121 Å². The molecule has 1 rings (SSSR count). The minimum Gasteiger partial charge on any atom is -0.330 e. The molecule has 1 unspecified atom stereocenters. The predicted octanol–water partition coefficient (Wildman–Crippen LogP) is 4.00. The zero-order valence-electron chi connectivity index (χ0n) is 11.7. The van der Waals surface area contributed by atoms with Crippen LogP contribution in [-0.4, -0.2) is 12.3 Å². The number of ketones is 1. The number of hydrogen-bond acceptors (Lipinski definition) is 2. The monoisotopic (exact) mass is 281 g/mol. The summed E-state index contributed by atoms with van der Waals surface area (Å²) in [6.07, 6.45) is 5.51. The van der Waals surface area contributed by atoms with Gasteiger partial charge in [0.25, 0.3) is 0 Å². The summed E-state index contributed by atoms with van der Waals surface area (Å²) in [4.78, 5) is 11.9. The molecular weight excluding hydrogens is 258 g/mol. The van der Waals surface area contributed by atoms with Gasteiger partial charge in [-0.2, -0.15) is 0 Å². The molecule has 2 nitrogen and oxygen atoms in total. The molecule has 0 spiro atoms. The fourth-order valence-corrected chi connectivity index (χ4v) is 2.49. The van der Waals surface area contributed by atoms with E-state index in [0.29, 0.717) is 29.6 Å². The second kappa shape index (κ2) is 9.11. The van der Waals surface area contributed by atoms with Crippen molar-refractivity contribution in [3.05, 3.63) is 34.9 Å². The van der Waals surface area contributed by atoms with Crippen molar-refractivity contribution in [2.45, 2.75) is 45.4 Å². The van der Waals surface area contributed by atoms with Crippen molar-refractivity contribution >= 4 is 17.4 Å². The Kier molecular flexibility index (Phi) is 7.76. The van der Waals surface area contributed by atoms with Crippen LogP contribution in [0.2, 0.25) is 5.02 Å². The molecule has 0 bridgehead atoms. The lowest BCUT2D eigenvalue weighted by Crippen LogP contribution is -2.11. The summed E-state index contributed by atoms with van der Waals surface area (Å²) < 4.78 is 0. The summed E-state index contributed by atoms with van der Waals surface area (Å²) in [5, 5.41) is 0.710. The molecule has 19 heavy (non-hydrogen) atoms. The van der Waals surface area contributed by atoms with Gasteiger partial charge in [-0.1, -0.05) is 43.5 Å². The Morgan fingerprint density at radius 1 is 1.21 bits per heavy atom. The van der Waals surface area contributed by atoms with E-state index in [1.165, 1.54) is 6.42 Å². The van der Waals surface area contributed by atoms with Gasteiger partial charge in [0.2, 0.25) is 0 Å². The number of carbonyl (C=O) groups is 1. The second-order valence-electron chi connectivity index (χ2n) is 5.11. The number of carbonyl (C=O) groups excluding carboxylic acids is 1. The molecule has 0 aliphatic rings. The first-order valence-corrected chi connectivity index (χ1v) is 7.49. The minimum absolute atomic E-state index is 0.306. The zero-order valence-corrected chi connectivity index (χ0v) is 12.5. The SMILES string of the molecule is CCCC(CCN)CCC(=O)Cc1ccc(Cl)cc1. The zero-order chi connectivity index (χ0) is 14.1. The summed E-state index contributed by atoms with van der Waals surface area (Å²) in [5.41, 5.74) is 6.65. The smallest absolute Gasteiger partial charge is 0.137 e.